The molecule has 3 rings (SSSR count). The highest BCUT2D eigenvalue weighted by atomic mass is 35.5. The molecule has 0 spiro atoms. The molecule has 1 aromatic heterocycles. The van der Waals surface area contributed by atoms with Crippen molar-refractivity contribution in [2.75, 3.05) is 5.32 Å². The number of hydrogen-bond donors (Lipinski definition) is 2. The van der Waals surface area contributed by atoms with E-state index in [0.717, 1.165) is 5.56 Å². The number of carbonyl (C=O) groups is 1. The molecule has 0 fully saturated rings. The minimum absolute atomic E-state index is 0.230. The number of H-pyrrole nitrogens is 1. The van der Waals surface area contributed by atoms with E-state index < -0.39 is 5.25 Å². The Morgan fingerprint density at radius 2 is 1.80 bits per heavy atom. The van der Waals surface area contributed by atoms with Gasteiger partial charge in [-0.25, -0.2) is 4.98 Å². The number of aromatic nitrogens is 3. The molecule has 0 saturated carbocycles. The summed E-state index contributed by atoms with van der Waals surface area (Å²) in [6.07, 6.45) is 0. The summed E-state index contributed by atoms with van der Waals surface area (Å²) in [5.74, 6) is 0.427. The lowest BCUT2D eigenvalue weighted by Gasteiger charge is -2.12. The molecule has 25 heavy (non-hydrogen) atoms. The number of carbonyl (C=O) groups excluding carboxylic acids is 1. The van der Waals surface area contributed by atoms with E-state index in [1.807, 2.05) is 30.3 Å². The highest BCUT2D eigenvalue weighted by molar-refractivity contribution is 8.00. The van der Waals surface area contributed by atoms with Gasteiger partial charge in [0.05, 0.1) is 21.0 Å². The number of nitrogens with zero attached hydrogens (tertiary/aromatic N) is 2. The van der Waals surface area contributed by atoms with Gasteiger partial charge >= 0.3 is 0 Å². The molecule has 5 nitrogen and oxygen atoms in total. The average Bonchev–Trinajstić information content (AvgIpc) is 3.07. The minimum atomic E-state index is -0.424. The van der Waals surface area contributed by atoms with Gasteiger partial charge in [0.15, 0.2) is 5.82 Å². The fourth-order valence-electron chi connectivity index (χ4n) is 2.08. The number of thioether (sulfide) groups is 1. The maximum Gasteiger partial charge on any atom is 0.237 e. The Bertz CT molecular complexity index is 865. The number of aromatic amines is 1. The zero-order valence-corrected chi connectivity index (χ0v) is 15.5. The molecule has 0 aliphatic rings. The second-order valence-corrected chi connectivity index (χ2v) is 7.30. The van der Waals surface area contributed by atoms with E-state index in [2.05, 4.69) is 20.5 Å². The lowest BCUT2D eigenvalue weighted by atomic mass is 10.2. The summed E-state index contributed by atoms with van der Waals surface area (Å²) in [7, 11) is 0. The van der Waals surface area contributed by atoms with E-state index in [1.165, 1.54) is 11.8 Å². The fraction of sp³-hybridized carbons (Fsp3) is 0.118. The van der Waals surface area contributed by atoms with Crippen molar-refractivity contribution in [1.29, 1.82) is 0 Å². The first kappa shape index (κ1) is 17.8. The van der Waals surface area contributed by atoms with Gasteiger partial charge in [-0.05, 0) is 19.1 Å². The molecular formula is C17H14Cl2N4OS. The largest absolute Gasteiger partial charge is 0.323 e. The number of hydrogen-bond acceptors (Lipinski definition) is 4. The third kappa shape index (κ3) is 4.34. The molecule has 0 aliphatic heterocycles. The van der Waals surface area contributed by atoms with Gasteiger partial charge in [-0.3, -0.25) is 9.89 Å². The van der Waals surface area contributed by atoms with Gasteiger partial charge in [0.2, 0.25) is 11.1 Å². The van der Waals surface area contributed by atoms with Crippen molar-refractivity contribution in [1.82, 2.24) is 15.2 Å². The molecule has 2 N–H and O–H groups in total. The number of nitrogens with one attached hydrogen (secondary N) is 2. The number of benzene rings is 2. The minimum Gasteiger partial charge on any atom is -0.323 e. The van der Waals surface area contributed by atoms with Crippen LogP contribution in [0.25, 0.3) is 11.4 Å². The fourth-order valence-corrected chi connectivity index (χ4v) is 3.29. The van der Waals surface area contributed by atoms with Crippen LogP contribution in [0.15, 0.2) is 53.7 Å². The maximum absolute atomic E-state index is 12.4. The number of para-hydroxylation sites is 1. The molecule has 1 atom stereocenters. The van der Waals surface area contributed by atoms with Crippen LogP contribution in [0.2, 0.25) is 10.0 Å². The van der Waals surface area contributed by atoms with Crippen LogP contribution >= 0.6 is 35.0 Å². The van der Waals surface area contributed by atoms with Crippen LogP contribution in [-0.4, -0.2) is 26.3 Å². The van der Waals surface area contributed by atoms with Gasteiger partial charge in [-0.2, -0.15) is 0 Å². The zero-order chi connectivity index (χ0) is 17.8. The summed E-state index contributed by atoms with van der Waals surface area (Å²) in [5.41, 5.74) is 1.34. The first-order valence-corrected chi connectivity index (χ1v) is 9.07. The van der Waals surface area contributed by atoms with Gasteiger partial charge < -0.3 is 5.32 Å². The van der Waals surface area contributed by atoms with Gasteiger partial charge in [0.25, 0.3) is 0 Å². The molecule has 3 aromatic rings. The SMILES string of the molecule is C[C@@H](Sc1n[nH]c(-c2ccccc2)n1)C(=O)Nc1c(Cl)cccc1Cl. The van der Waals surface area contributed by atoms with Gasteiger partial charge in [0, 0.05) is 5.56 Å². The van der Waals surface area contributed by atoms with Gasteiger partial charge in [-0.15, -0.1) is 5.10 Å². The summed E-state index contributed by atoms with van der Waals surface area (Å²) in [4.78, 5) is 16.8. The van der Waals surface area contributed by atoms with E-state index in [1.54, 1.807) is 25.1 Å². The quantitative estimate of drug-likeness (QED) is 0.605. The van der Waals surface area contributed by atoms with Crippen LogP contribution in [0.5, 0.6) is 0 Å². The topological polar surface area (TPSA) is 70.7 Å². The molecule has 0 bridgehead atoms. The molecule has 1 amide bonds. The summed E-state index contributed by atoms with van der Waals surface area (Å²) >= 11 is 13.4. The second-order valence-electron chi connectivity index (χ2n) is 5.18. The molecule has 0 unspecified atom stereocenters. The van der Waals surface area contributed by atoms with Crippen molar-refractivity contribution in [2.24, 2.45) is 0 Å². The van der Waals surface area contributed by atoms with Crippen LogP contribution < -0.4 is 5.32 Å². The third-order valence-electron chi connectivity index (χ3n) is 3.37. The van der Waals surface area contributed by atoms with Crippen LogP contribution in [0.1, 0.15) is 6.92 Å². The van der Waals surface area contributed by atoms with Crippen molar-refractivity contribution in [3.05, 3.63) is 58.6 Å². The lowest BCUT2D eigenvalue weighted by Crippen LogP contribution is -2.22. The molecule has 0 saturated heterocycles. The zero-order valence-electron chi connectivity index (χ0n) is 13.2. The predicted octanol–water partition coefficient (Wildman–Crippen LogP) is 4.90. The molecule has 0 radical (unpaired) electrons. The number of rotatable bonds is 5. The number of amides is 1. The molecular weight excluding hydrogens is 379 g/mol. The highest BCUT2D eigenvalue weighted by Crippen LogP contribution is 2.31. The molecule has 8 heteroatoms. The number of halogens is 2. The van der Waals surface area contributed by atoms with Crippen LogP contribution in [0.4, 0.5) is 5.69 Å². The van der Waals surface area contributed by atoms with Crippen LogP contribution in [0, 0.1) is 0 Å². The number of anilines is 1. The Morgan fingerprint density at radius 3 is 2.48 bits per heavy atom. The Morgan fingerprint density at radius 1 is 1.12 bits per heavy atom. The summed E-state index contributed by atoms with van der Waals surface area (Å²) in [5, 5.41) is 10.6. The lowest BCUT2D eigenvalue weighted by molar-refractivity contribution is -0.115. The van der Waals surface area contributed by atoms with Crippen molar-refractivity contribution < 1.29 is 4.79 Å². The van der Waals surface area contributed by atoms with E-state index in [-0.39, 0.29) is 5.91 Å². The van der Waals surface area contributed by atoms with Gasteiger partial charge in [0.1, 0.15) is 0 Å². The molecule has 2 aromatic carbocycles. The van der Waals surface area contributed by atoms with E-state index in [4.69, 9.17) is 23.2 Å². The van der Waals surface area contributed by atoms with E-state index in [0.29, 0.717) is 26.7 Å². The Kier molecular flexibility index (Phi) is 5.63. The highest BCUT2D eigenvalue weighted by Gasteiger charge is 2.19. The first-order valence-electron chi connectivity index (χ1n) is 7.44. The Hall–Kier alpha value is -2.02. The van der Waals surface area contributed by atoms with Gasteiger partial charge in [-0.1, -0.05) is 71.4 Å². The smallest absolute Gasteiger partial charge is 0.237 e. The monoisotopic (exact) mass is 392 g/mol. The Labute approximate surface area is 159 Å². The maximum atomic E-state index is 12.4. The van der Waals surface area contributed by atoms with Crippen molar-refractivity contribution in [3.8, 4) is 11.4 Å². The third-order valence-corrected chi connectivity index (χ3v) is 4.97. The van der Waals surface area contributed by atoms with Crippen molar-refractivity contribution >= 4 is 46.6 Å². The Balaban J connectivity index is 1.67. The summed E-state index contributed by atoms with van der Waals surface area (Å²) in [6.45, 7) is 1.77. The molecule has 0 aliphatic carbocycles. The first-order chi connectivity index (χ1) is 12.0. The van der Waals surface area contributed by atoms with Crippen LogP contribution in [-0.2, 0) is 4.79 Å². The second kappa shape index (κ2) is 7.91. The molecule has 128 valence electrons. The normalized spacial score (nSPS) is 12.0. The van der Waals surface area contributed by atoms with Crippen LogP contribution in [0.3, 0.4) is 0 Å². The average molecular weight is 393 g/mol. The molecule has 1 heterocycles. The standard InChI is InChI=1S/C17H14Cl2N4OS/c1-10(16(24)20-14-12(18)8-5-9-13(14)19)25-17-21-15(22-23-17)11-6-3-2-4-7-11/h2-10H,1H3,(H,20,24)(H,21,22,23)/t10-/m1/s1. The summed E-state index contributed by atoms with van der Waals surface area (Å²) < 4.78 is 0. The van der Waals surface area contributed by atoms with Crippen molar-refractivity contribution in [2.45, 2.75) is 17.3 Å². The van der Waals surface area contributed by atoms with E-state index in [9.17, 15) is 4.79 Å². The van der Waals surface area contributed by atoms with E-state index >= 15 is 0 Å². The van der Waals surface area contributed by atoms with Crippen molar-refractivity contribution in [3.63, 3.8) is 0 Å². The predicted molar refractivity (Wildman–Crippen MR) is 102 cm³/mol. The summed E-state index contributed by atoms with van der Waals surface area (Å²) in [6, 6.07) is 14.7.